The van der Waals surface area contributed by atoms with Crippen molar-refractivity contribution >= 4 is 11.8 Å². The summed E-state index contributed by atoms with van der Waals surface area (Å²) in [5.41, 5.74) is 2.53. The zero-order valence-electron chi connectivity index (χ0n) is 19.3. The molecule has 0 fully saturated rings. The van der Waals surface area contributed by atoms with E-state index in [9.17, 15) is 0 Å². The van der Waals surface area contributed by atoms with Gasteiger partial charge in [0.1, 0.15) is 5.75 Å². The molecule has 0 aromatic heterocycles. The molecule has 0 N–H and O–H groups in total. The summed E-state index contributed by atoms with van der Waals surface area (Å²) >= 11 is 1.99. The van der Waals surface area contributed by atoms with E-state index in [0.29, 0.717) is 0 Å². The second kappa shape index (κ2) is 16.3. The van der Waals surface area contributed by atoms with Crippen molar-refractivity contribution < 1.29 is 4.74 Å². The lowest BCUT2D eigenvalue weighted by Gasteiger charge is -2.08. The average Bonchev–Trinajstić information content (AvgIpc) is 2.79. The summed E-state index contributed by atoms with van der Waals surface area (Å²) in [6.07, 6.45) is 16.2. The Morgan fingerprint density at radius 1 is 0.567 bits per heavy atom. The molecule has 2 aromatic carbocycles. The van der Waals surface area contributed by atoms with Crippen molar-refractivity contribution in [2.75, 3.05) is 12.4 Å². The van der Waals surface area contributed by atoms with Crippen LogP contribution in [0.5, 0.6) is 5.75 Å². The monoisotopic (exact) mass is 426 g/mol. The fraction of sp³-hybridized carbons (Fsp3) is 0.571. The number of hydrogen-bond donors (Lipinski definition) is 0. The molecule has 2 heteroatoms. The third-order valence-electron chi connectivity index (χ3n) is 5.58. The van der Waals surface area contributed by atoms with Crippen molar-refractivity contribution in [3.63, 3.8) is 0 Å². The van der Waals surface area contributed by atoms with Gasteiger partial charge in [0.25, 0.3) is 0 Å². The van der Waals surface area contributed by atoms with Gasteiger partial charge in [0.05, 0.1) is 6.61 Å². The highest BCUT2D eigenvalue weighted by atomic mass is 32.2. The van der Waals surface area contributed by atoms with Crippen LogP contribution in [-0.4, -0.2) is 12.4 Å². The number of thioether (sulfide) groups is 1. The molecule has 0 amide bonds. The fourth-order valence-corrected chi connectivity index (χ4v) is 4.54. The molecule has 2 aromatic rings. The fourth-order valence-electron chi connectivity index (χ4n) is 3.63. The quantitative estimate of drug-likeness (QED) is 0.184. The van der Waals surface area contributed by atoms with Crippen molar-refractivity contribution in [1.29, 1.82) is 0 Å². The second-order valence-corrected chi connectivity index (χ2v) is 9.45. The predicted octanol–water partition coefficient (Wildman–Crippen LogP) is 9.55. The summed E-state index contributed by atoms with van der Waals surface area (Å²) in [7, 11) is 0. The van der Waals surface area contributed by atoms with Gasteiger partial charge in [-0.1, -0.05) is 102 Å². The largest absolute Gasteiger partial charge is 0.494 e. The highest BCUT2D eigenvalue weighted by Crippen LogP contribution is 2.26. The van der Waals surface area contributed by atoms with Crippen LogP contribution in [-0.2, 0) is 0 Å². The van der Waals surface area contributed by atoms with Crippen LogP contribution in [0.2, 0.25) is 0 Å². The summed E-state index contributed by atoms with van der Waals surface area (Å²) in [5.74, 6) is 2.21. The molecule has 0 aliphatic rings. The van der Waals surface area contributed by atoms with E-state index in [0.717, 1.165) is 18.8 Å². The Morgan fingerprint density at radius 3 is 1.67 bits per heavy atom. The van der Waals surface area contributed by atoms with Crippen LogP contribution in [0.15, 0.2) is 53.4 Å². The van der Waals surface area contributed by atoms with Crippen molar-refractivity contribution in [2.45, 2.75) is 95.8 Å². The summed E-state index contributed by atoms with van der Waals surface area (Å²) in [6.45, 7) is 5.32. The van der Waals surface area contributed by atoms with Crippen LogP contribution >= 0.6 is 11.8 Å². The molecule has 30 heavy (non-hydrogen) atoms. The van der Waals surface area contributed by atoms with E-state index in [-0.39, 0.29) is 0 Å². The standard InChI is InChI=1S/C28H42OS/c1-3-5-7-8-9-10-11-12-14-24-30-28-21-17-26(18-22-28)25-15-19-27(20-16-25)29-23-13-6-4-2/h15-22H,3-14,23-24H2,1-2H3. The number of hydrogen-bond acceptors (Lipinski definition) is 2. The van der Waals surface area contributed by atoms with Gasteiger partial charge in [-0.15, -0.1) is 11.8 Å². The number of rotatable bonds is 17. The first kappa shape index (κ1) is 24.9. The normalized spacial score (nSPS) is 11.0. The van der Waals surface area contributed by atoms with Gasteiger partial charge in [0.2, 0.25) is 0 Å². The molecule has 0 aliphatic heterocycles. The van der Waals surface area contributed by atoms with E-state index >= 15 is 0 Å². The Labute approximate surface area is 190 Å². The van der Waals surface area contributed by atoms with Gasteiger partial charge < -0.3 is 4.74 Å². The van der Waals surface area contributed by atoms with E-state index in [1.165, 1.54) is 92.4 Å². The Hall–Kier alpha value is -1.41. The predicted molar refractivity (Wildman–Crippen MR) is 135 cm³/mol. The Morgan fingerprint density at radius 2 is 1.07 bits per heavy atom. The van der Waals surface area contributed by atoms with Crippen LogP contribution < -0.4 is 4.74 Å². The molecule has 0 spiro atoms. The molecule has 0 saturated heterocycles. The molecule has 0 heterocycles. The molecule has 0 saturated carbocycles. The van der Waals surface area contributed by atoms with Crippen molar-refractivity contribution in [2.24, 2.45) is 0 Å². The lowest BCUT2D eigenvalue weighted by Crippen LogP contribution is -1.96. The van der Waals surface area contributed by atoms with Gasteiger partial charge in [-0.2, -0.15) is 0 Å². The van der Waals surface area contributed by atoms with E-state index < -0.39 is 0 Å². The summed E-state index contributed by atoms with van der Waals surface area (Å²) in [5, 5.41) is 0. The minimum absolute atomic E-state index is 0.818. The highest BCUT2D eigenvalue weighted by molar-refractivity contribution is 7.99. The molecule has 2 rings (SSSR count). The molecule has 166 valence electrons. The van der Waals surface area contributed by atoms with E-state index in [1.54, 1.807) is 0 Å². The lowest BCUT2D eigenvalue weighted by atomic mass is 10.1. The van der Waals surface area contributed by atoms with Crippen LogP contribution in [0.4, 0.5) is 0 Å². The zero-order valence-corrected chi connectivity index (χ0v) is 20.2. The number of benzene rings is 2. The number of ether oxygens (including phenoxy) is 1. The maximum absolute atomic E-state index is 5.82. The van der Waals surface area contributed by atoms with Gasteiger partial charge in [0, 0.05) is 4.90 Å². The summed E-state index contributed by atoms with van der Waals surface area (Å²) in [6, 6.07) is 17.5. The van der Waals surface area contributed by atoms with Crippen LogP contribution in [0, 0.1) is 0 Å². The highest BCUT2D eigenvalue weighted by Gasteiger charge is 2.01. The molecule has 0 bridgehead atoms. The lowest BCUT2D eigenvalue weighted by molar-refractivity contribution is 0.306. The molecular formula is C28H42OS. The molecular weight excluding hydrogens is 384 g/mol. The van der Waals surface area contributed by atoms with Crippen molar-refractivity contribution in [3.8, 4) is 16.9 Å². The first-order valence-electron chi connectivity index (χ1n) is 12.3. The van der Waals surface area contributed by atoms with Gasteiger partial charge in [-0.05, 0) is 54.0 Å². The van der Waals surface area contributed by atoms with E-state index in [1.807, 2.05) is 11.8 Å². The van der Waals surface area contributed by atoms with Gasteiger partial charge in [0.15, 0.2) is 0 Å². The minimum Gasteiger partial charge on any atom is -0.494 e. The van der Waals surface area contributed by atoms with Crippen molar-refractivity contribution in [3.05, 3.63) is 48.5 Å². The first-order valence-corrected chi connectivity index (χ1v) is 13.3. The Kier molecular flexibility index (Phi) is 13.5. The Balaban J connectivity index is 1.61. The average molecular weight is 427 g/mol. The molecule has 0 aliphatic carbocycles. The maximum atomic E-state index is 5.82. The number of unbranched alkanes of at least 4 members (excludes halogenated alkanes) is 10. The second-order valence-electron chi connectivity index (χ2n) is 8.28. The smallest absolute Gasteiger partial charge is 0.119 e. The van der Waals surface area contributed by atoms with Gasteiger partial charge in [-0.25, -0.2) is 0 Å². The third kappa shape index (κ3) is 10.6. The summed E-state index contributed by atoms with van der Waals surface area (Å²) < 4.78 is 5.82. The van der Waals surface area contributed by atoms with E-state index in [2.05, 4.69) is 62.4 Å². The van der Waals surface area contributed by atoms with Crippen LogP contribution in [0.3, 0.4) is 0 Å². The van der Waals surface area contributed by atoms with Crippen LogP contribution in [0.25, 0.3) is 11.1 Å². The first-order chi connectivity index (χ1) is 14.8. The van der Waals surface area contributed by atoms with Gasteiger partial charge in [-0.3, -0.25) is 0 Å². The zero-order chi connectivity index (χ0) is 21.3. The maximum Gasteiger partial charge on any atom is 0.119 e. The third-order valence-corrected chi connectivity index (χ3v) is 6.67. The molecule has 1 nitrogen and oxygen atoms in total. The summed E-state index contributed by atoms with van der Waals surface area (Å²) in [4.78, 5) is 1.38. The minimum atomic E-state index is 0.818. The topological polar surface area (TPSA) is 9.23 Å². The SMILES string of the molecule is CCCCCCCCCCCSc1ccc(-c2ccc(OCCCCC)cc2)cc1. The molecule has 0 unspecified atom stereocenters. The van der Waals surface area contributed by atoms with Crippen LogP contribution in [0.1, 0.15) is 90.9 Å². The molecule has 0 radical (unpaired) electrons. The van der Waals surface area contributed by atoms with E-state index in [4.69, 9.17) is 4.74 Å². The molecule has 0 atom stereocenters. The Bertz CT molecular complexity index is 647. The van der Waals surface area contributed by atoms with Gasteiger partial charge >= 0.3 is 0 Å². The van der Waals surface area contributed by atoms with Crippen molar-refractivity contribution in [1.82, 2.24) is 0 Å².